The molecule has 1 atom stereocenters. The monoisotopic (exact) mass is 553 g/mol. The number of hydrogen-bond acceptors (Lipinski definition) is 6. The van der Waals surface area contributed by atoms with Crippen LogP contribution in [0.1, 0.15) is 27.2 Å². The number of amides is 4. The number of urea groups is 1. The number of benzene rings is 2. The first-order valence-corrected chi connectivity index (χ1v) is 13.7. The van der Waals surface area contributed by atoms with Crippen molar-refractivity contribution in [1.82, 2.24) is 15.2 Å². The van der Waals surface area contributed by atoms with E-state index in [2.05, 4.69) is 22.2 Å². The molecular weight excluding hydrogens is 526 g/mol. The fourth-order valence-corrected chi connectivity index (χ4v) is 6.21. The summed E-state index contributed by atoms with van der Waals surface area (Å²) in [5, 5.41) is 6.69. The quantitative estimate of drug-likeness (QED) is 0.289. The normalized spacial score (nSPS) is 16.1. The van der Waals surface area contributed by atoms with Crippen molar-refractivity contribution in [3.63, 3.8) is 0 Å². The van der Waals surface area contributed by atoms with Crippen LogP contribution in [0.2, 0.25) is 0 Å². The zero-order valence-electron chi connectivity index (χ0n) is 22.1. The zero-order chi connectivity index (χ0) is 28.0. The third-order valence-electron chi connectivity index (χ3n) is 7.38. The van der Waals surface area contributed by atoms with Gasteiger partial charge in [0.15, 0.2) is 0 Å². The van der Waals surface area contributed by atoms with E-state index in [1.165, 1.54) is 17.4 Å². The predicted octanol–water partition coefficient (Wildman–Crippen LogP) is 5.91. The number of thiophene rings is 1. The molecule has 40 heavy (non-hydrogen) atoms. The Balaban J connectivity index is 1.32. The summed E-state index contributed by atoms with van der Waals surface area (Å²) >= 11 is 1.23. The molecule has 2 aromatic heterocycles. The van der Waals surface area contributed by atoms with Gasteiger partial charge in [0.1, 0.15) is 21.2 Å². The molecule has 6 rings (SSSR count). The number of nitrogens with zero attached hydrogens (tertiary/aromatic N) is 3. The SMILES string of the molecule is C=CC(=O)N1CC[C@@H](NC(=O)c2sc3nccc4c3c2NC(=O)N4c2ccc(Oc3ccccc3)c(C)c2C)C1. The maximum Gasteiger partial charge on any atom is 0.331 e. The Morgan fingerprint density at radius 2 is 1.93 bits per heavy atom. The van der Waals surface area contributed by atoms with E-state index in [1.54, 1.807) is 22.1 Å². The molecule has 0 unspecified atom stereocenters. The molecule has 2 aliphatic heterocycles. The first kappa shape index (κ1) is 25.6. The minimum atomic E-state index is -0.365. The largest absolute Gasteiger partial charge is 0.457 e. The average molecular weight is 554 g/mol. The Kier molecular flexibility index (Phi) is 6.47. The molecule has 10 heteroatoms. The Labute approximate surface area is 235 Å². The van der Waals surface area contributed by atoms with E-state index in [-0.39, 0.29) is 23.9 Å². The molecule has 202 valence electrons. The van der Waals surface area contributed by atoms with Crippen LogP contribution in [-0.4, -0.2) is 46.9 Å². The molecule has 1 saturated heterocycles. The second kappa shape index (κ2) is 10.1. The Morgan fingerprint density at radius 3 is 2.70 bits per heavy atom. The van der Waals surface area contributed by atoms with Crippen LogP contribution < -0.4 is 20.3 Å². The lowest BCUT2D eigenvalue weighted by atomic mass is 10.0. The number of pyridine rings is 1. The summed E-state index contributed by atoms with van der Waals surface area (Å²) in [6.45, 7) is 8.43. The van der Waals surface area contributed by atoms with Crippen molar-refractivity contribution < 1.29 is 19.1 Å². The molecule has 0 saturated carbocycles. The molecule has 1 fully saturated rings. The minimum absolute atomic E-state index is 0.153. The molecule has 0 aliphatic carbocycles. The number of aromatic nitrogens is 1. The number of hydrogen-bond donors (Lipinski definition) is 2. The van der Waals surface area contributed by atoms with Crippen LogP contribution in [0.5, 0.6) is 11.5 Å². The van der Waals surface area contributed by atoms with Gasteiger partial charge in [-0.25, -0.2) is 9.78 Å². The maximum absolute atomic E-state index is 13.6. The summed E-state index contributed by atoms with van der Waals surface area (Å²) in [6, 6.07) is 14.5. The number of carbonyl (C=O) groups is 3. The van der Waals surface area contributed by atoms with E-state index in [1.807, 2.05) is 56.3 Å². The zero-order valence-corrected chi connectivity index (χ0v) is 22.9. The second-order valence-corrected chi connectivity index (χ2v) is 10.8. The van der Waals surface area contributed by atoms with Gasteiger partial charge >= 0.3 is 6.03 Å². The highest BCUT2D eigenvalue weighted by Crippen LogP contribution is 2.47. The second-order valence-electron chi connectivity index (χ2n) is 9.78. The molecule has 9 nitrogen and oxygen atoms in total. The van der Waals surface area contributed by atoms with Crippen LogP contribution in [0.15, 0.2) is 67.4 Å². The van der Waals surface area contributed by atoms with Crippen LogP contribution in [-0.2, 0) is 4.79 Å². The molecule has 4 aromatic rings. The maximum atomic E-state index is 13.6. The lowest BCUT2D eigenvalue weighted by Gasteiger charge is -2.30. The van der Waals surface area contributed by atoms with Gasteiger partial charge in [0.25, 0.3) is 5.91 Å². The number of anilines is 3. The van der Waals surface area contributed by atoms with E-state index < -0.39 is 0 Å². The first-order chi connectivity index (χ1) is 19.4. The standard InChI is InChI=1S/C30H27N5O4S/c1-4-24(36)34-15-13-19(16-34)32-28(37)27-26-25-22(12-14-31-29(25)40-27)35(30(38)33-26)21-10-11-23(18(3)17(21)2)39-20-8-6-5-7-9-20/h4-12,14,19H,1,13,15-16H2,2-3H3,(H,32,37)(H,33,38)/t19-/m1/s1. The average Bonchev–Trinajstić information content (AvgIpc) is 3.58. The highest BCUT2D eigenvalue weighted by molar-refractivity contribution is 7.21. The molecule has 4 amide bonds. The molecule has 2 aromatic carbocycles. The highest BCUT2D eigenvalue weighted by Gasteiger charge is 2.35. The first-order valence-electron chi connectivity index (χ1n) is 12.9. The van der Waals surface area contributed by atoms with Gasteiger partial charge in [-0.15, -0.1) is 11.3 Å². The van der Waals surface area contributed by atoms with Gasteiger partial charge in [-0.1, -0.05) is 24.8 Å². The summed E-state index contributed by atoms with van der Waals surface area (Å²) < 4.78 is 6.08. The summed E-state index contributed by atoms with van der Waals surface area (Å²) in [5.74, 6) is 0.987. The van der Waals surface area contributed by atoms with Gasteiger partial charge in [-0.05, 0) is 67.8 Å². The Morgan fingerprint density at radius 1 is 1.12 bits per heavy atom. The van der Waals surface area contributed by atoms with Crippen LogP contribution in [0, 0.1) is 13.8 Å². The van der Waals surface area contributed by atoms with Crippen molar-refractivity contribution in [2.45, 2.75) is 26.3 Å². The lowest BCUT2D eigenvalue weighted by molar-refractivity contribution is -0.125. The van der Waals surface area contributed by atoms with Gasteiger partial charge in [-0.2, -0.15) is 0 Å². The van der Waals surface area contributed by atoms with Crippen molar-refractivity contribution in [3.05, 3.63) is 83.4 Å². The van der Waals surface area contributed by atoms with Crippen molar-refractivity contribution in [3.8, 4) is 11.5 Å². The van der Waals surface area contributed by atoms with Gasteiger partial charge in [0, 0.05) is 25.3 Å². The van der Waals surface area contributed by atoms with Gasteiger partial charge < -0.3 is 20.3 Å². The number of carbonyl (C=O) groups excluding carboxylic acids is 3. The van der Waals surface area contributed by atoms with E-state index in [4.69, 9.17) is 4.74 Å². The van der Waals surface area contributed by atoms with Crippen LogP contribution in [0.3, 0.4) is 0 Å². The summed E-state index contributed by atoms with van der Waals surface area (Å²) in [5.41, 5.74) is 3.63. The third kappa shape index (κ3) is 4.36. The number of ether oxygens (including phenoxy) is 1. The number of rotatable bonds is 6. The molecule has 2 aliphatic rings. The number of para-hydroxylation sites is 1. The highest BCUT2D eigenvalue weighted by atomic mass is 32.1. The third-order valence-corrected chi connectivity index (χ3v) is 8.48. The van der Waals surface area contributed by atoms with Gasteiger partial charge in [-0.3, -0.25) is 14.5 Å². The smallest absolute Gasteiger partial charge is 0.331 e. The minimum Gasteiger partial charge on any atom is -0.457 e. The van der Waals surface area contributed by atoms with Crippen molar-refractivity contribution in [2.24, 2.45) is 0 Å². The molecule has 0 spiro atoms. The van der Waals surface area contributed by atoms with Crippen molar-refractivity contribution in [2.75, 3.05) is 23.3 Å². The molecule has 4 heterocycles. The fraction of sp³-hybridized carbons (Fsp3) is 0.200. The molecule has 0 bridgehead atoms. The fourth-order valence-electron chi connectivity index (χ4n) is 5.19. The number of likely N-dealkylation sites (tertiary alicyclic amines) is 1. The summed E-state index contributed by atoms with van der Waals surface area (Å²) in [4.78, 5) is 47.7. The molecule has 2 N–H and O–H groups in total. The Bertz CT molecular complexity index is 1680. The van der Waals surface area contributed by atoms with E-state index >= 15 is 0 Å². The van der Waals surface area contributed by atoms with Crippen LogP contribution >= 0.6 is 11.3 Å². The van der Waals surface area contributed by atoms with E-state index in [9.17, 15) is 14.4 Å². The molecule has 0 radical (unpaired) electrons. The Hall–Kier alpha value is -4.70. The number of nitrogens with one attached hydrogen (secondary N) is 2. The molecular formula is C30H27N5O4S. The van der Waals surface area contributed by atoms with Crippen LogP contribution in [0.25, 0.3) is 10.2 Å². The van der Waals surface area contributed by atoms with Crippen molar-refractivity contribution >= 4 is 56.5 Å². The van der Waals surface area contributed by atoms with Gasteiger partial charge in [0.05, 0.1) is 22.4 Å². The van der Waals surface area contributed by atoms with Crippen molar-refractivity contribution in [1.29, 1.82) is 0 Å². The topological polar surface area (TPSA) is 104 Å². The van der Waals surface area contributed by atoms with E-state index in [0.717, 1.165) is 16.9 Å². The predicted molar refractivity (Wildman–Crippen MR) is 156 cm³/mol. The van der Waals surface area contributed by atoms with Crippen LogP contribution in [0.4, 0.5) is 21.9 Å². The lowest BCUT2D eigenvalue weighted by Crippen LogP contribution is -2.39. The summed E-state index contributed by atoms with van der Waals surface area (Å²) in [7, 11) is 0. The summed E-state index contributed by atoms with van der Waals surface area (Å²) in [6.07, 6.45) is 3.58. The van der Waals surface area contributed by atoms with Gasteiger partial charge in [0.2, 0.25) is 5.91 Å². The van der Waals surface area contributed by atoms with E-state index in [0.29, 0.717) is 57.4 Å².